The molecule has 0 radical (unpaired) electrons. The number of aromatic amines is 1. The number of nitrogens with zero attached hydrogens (tertiary/aromatic N) is 2. The Balaban J connectivity index is 1.52. The van der Waals surface area contributed by atoms with E-state index in [0.717, 1.165) is 17.7 Å². The van der Waals surface area contributed by atoms with Crippen molar-refractivity contribution in [2.75, 3.05) is 0 Å². The summed E-state index contributed by atoms with van der Waals surface area (Å²) in [5.74, 6) is 0.182. The molecule has 0 saturated carbocycles. The molecular weight excluding hydrogens is 389 g/mol. The fraction of sp³-hybridized carbons (Fsp3) is 0.105. The number of alkyl halides is 3. The molecule has 3 heterocycles. The number of thiophene rings is 1. The first kappa shape index (κ1) is 18.2. The van der Waals surface area contributed by atoms with Crippen LogP contribution in [0.25, 0.3) is 21.7 Å². The maximum absolute atomic E-state index is 12.9. The molecule has 0 aliphatic heterocycles. The third-order valence-electron chi connectivity index (χ3n) is 4.05. The molecule has 0 fully saturated rings. The first-order valence-electron chi connectivity index (χ1n) is 8.24. The van der Waals surface area contributed by atoms with Gasteiger partial charge in [-0.15, -0.1) is 11.3 Å². The Morgan fingerprint density at radius 3 is 2.79 bits per heavy atom. The summed E-state index contributed by atoms with van der Waals surface area (Å²) in [6.07, 6.45) is -1.09. The Kier molecular flexibility index (Phi) is 4.60. The van der Waals surface area contributed by atoms with Gasteiger partial charge in [0.1, 0.15) is 5.82 Å². The van der Waals surface area contributed by atoms with E-state index in [9.17, 15) is 18.0 Å². The Morgan fingerprint density at radius 2 is 2.04 bits per heavy atom. The number of pyridine rings is 1. The molecule has 1 amide bonds. The van der Waals surface area contributed by atoms with E-state index in [2.05, 4.69) is 20.3 Å². The lowest BCUT2D eigenvalue weighted by molar-refractivity contribution is -0.137. The summed E-state index contributed by atoms with van der Waals surface area (Å²) in [5.41, 5.74) is 0.863. The van der Waals surface area contributed by atoms with Crippen LogP contribution in [0.2, 0.25) is 0 Å². The van der Waals surface area contributed by atoms with Gasteiger partial charge in [-0.2, -0.15) is 13.2 Å². The smallest absolute Gasteiger partial charge is 0.347 e. The van der Waals surface area contributed by atoms with Crippen molar-refractivity contribution in [2.24, 2.45) is 0 Å². The largest absolute Gasteiger partial charge is 0.416 e. The van der Waals surface area contributed by atoms with E-state index in [4.69, 9.17) is 0 Å². The van der Waals surface area contributed by atoms with Crippen LogP contribution in [-0.4, -0.2) is 20.9 Å². The molecule has 9 heteroatoms. The van der Waals surface area contributed by atoms with Crippen molar-refractivity contribution in [2.45, 2.75) is 12.7 Å². The normalized spacial score (nSPS) is 11.7. The van der Waals surface area contributed by atoms with Crippen molar-refractivity contribution < 1.29 is 18.0 Å². The SMILES string of the molecule is O=C(NCc1cccnc1)c1ccc(-c2nc3ccc(C(F)(F)F)cc3[nH]2)s1. The number of H-pyrrole nitrogens is 1. The minimum Gasteiger partial charge on any atom is -0.347 e. The maximum Gasteiger partial charge on any atom is 0.416 e. The van der Waals surface area contributed by atoms with Crippen molar-refractivity contribution in [1.82, 2.24) is 20.3 Å². The quantitative estimate of drug-likeness (QED) is 0.523. The van der Waals surface area contributed by atoms with Gasteiger partial charge in [0.05, 0.1) is 26.4 Å². The summed E-state index contributed by atoms with van der Waals surface area (Å²) in [6, 6.07) is 10.4. The highest BCUT2D eigenvalue weighted by Gasteiger charge is 2.30. The molecular formula is C19H13F3N4OS. The number of hydrogen-bond acceptors (Lipinski definition) is 4. The van der Waals surface area contributed by atoms with Crippen molar-refractivity contribution >= 4 is 28.3 Å². The van der Waals surface area contributed by atoms with E-state index in [1.54, 1.807) is 30.6 Å². The summed E-state index contributed by atoms with van der Waals surface area (Å²) in [5, 5.41) is 2.81. The number of fused-ring (bicyclic) bond motifs is 1. The molecule has 28 heavy (non-hydrogen) atoms. The lowest BCUT2D eigenvalue weighted by Gasteiger charge is -2.05. The minimum absolute atomic E-state index is 0.240. The van der Waals surface area contributed by atoms with Crippen molar-refractivity contribution in [1.29, 1.82) is 0 Å². The fourth-order valence-corrected chi connectivity index (χ4v) is 3.53. The first-order chi connectivity index (χ1) is 13.4. The number of amides is 1. The van der Waals surface area contributed by atoms with Gasteiger partial charge in [0.15, 0.2) is 0 Å². The molecule has 0 aliphatic rings. The average Bonchev–Trinajstić information content (AvgIpc) is 3.32. The third kappa shape index (κ3) is 3.74. The van der Waals surface area contributed by atoms with Crippen LogP contribution in [0.15, 0.2) is 54.9 Å². The van der Waals surface area contributed by atoms with Gasteiger partial charge in [0.25, 0.3) is 5.91 Å². The summed E-state index contributed by atoms with van der Waals surface area (Å²) < 4.78 is 38.6. The number of carbonyl (C=O) groups excluding carboxylic acids is 1. The van der Waals surface area contributed by atoms with Crippen LogP contribution in [0.4, 0.5) is 13.2 Å². The summed E-state index contributed by atoms with van der Waals surface area (Å²) in [4.78, 5) is 24.7. The number of nitrogens with one attached hydrogen (secondary N) is 2. The van der Waals surface area contributed by atoms with E-state index >= 15 is 0 Å². The van der Waals surface area contributed by atoms with Gasteiger partial charge >= 0.3 is 6.18 Å². The molecule has 0 bridgehead atoms. The molecule has 142 valence electrons. The number of halogens is 3. The van der Waals surface area contributed by atoms with Crippen LogP contribution >= 0.6 is 11.3 Å². The Labute approximate surface area is 161 Å². The highest BCUT2D eigenvalue weighted by molar-refractivity contribution is 7.17. The zero-order valence-corrected chi connectivity index (χ0v) is 15.1. The van der Waals surface area contributed by atoms with Crippen LogP contribution in [0.5, 0.6) is 0 Å². The molecule has 0 aliphatic carbocycles. The Morgan fingerprint density at radius 1 is 1.18 bits per heavy atom. The van der Waals surface area contributed by atoms with Crippen LogP contribution in [0, 0.1) is 0 Å². The third-order valence-corrected chi connectivity index (χ3v) is 5.14. The topological polar surface area (TPSA) is 70.7 Å². The lowest BCUT2D eigenvalue weighted by atomic mass is 10.2. The van der Waals surface area contributed by atoms with Crippen LogP contribution in [0.1, 0.15) is 20.8 Å². The van der Waals surface area contributed by atoms with Gasteiger partial charge in [-0.05, 0) is 42.0 Å². The standard InChI is InChI=1S/C19H13F3N4OS/c20-19(21,22)12-3-4-13-14(8-12)26-17(25-13)15-5-6-16(28-15)18(27)24-10-11-2-1-7-23-9-11/h1-9H,10H2,(H,24,27)(H,25,26). The van der Waals surface area contributed by atoms with Crippen LogP contribution in [0.3, 0.4) is 0 Å². The highest BCUT2D eigenvalue weighted by Crippen LogP contribution is 2.33. The molecule has 4 rings (SSSR count). The second kappa shape index (κ2) is 7.08. The van der Waals surface area contributed by atoms with Gasteiger partial charge < -0.3 is 10.3 Å². The molecule has 1 aromatic carbocycles. The molecule has 0 unspecified atom stereocenters. The highest BCUT2D eigenvalue weighted by atomic mass is 32.1. The lowest BCUT2D eigenvalue weighted by Crippen LogP contribution is -2.21. The van der Waals surface area contributed by atoms with Gasteiger partial charge in [0.2, 0.25) is 0 Å². The molecule has 0 saturated heterocycles. The van der Waals surface area contributed by atoms with E-state index in [1.165, 1.54) is 17.4 Å². The fourth-order valence-electron chi connectivity index (χ4n) is 2.66. The number of imidazole rings is 1. The molecule has 2 N–H and O–H groups in total. The van der Waals surface area contributed by atoms with E-state index in [0.29, 0.717) is 33.2 Å². The number of rotatable bonds is 4. The molecule has 4 aromatic rings. The number of aromatic nitrogens is 3. The van der Waals surface area contributed by atoms with Crippen LogP contribution in [-0.2, 0) is 12.7 Å². The van der Waals surface area contributed by atoms with Gasteiger partial charge in [0, 0.05) is 18.9 Å². The van der Waals surface area contributed by atoms with Gasteiger partial charge in [-0.3, -0.25) is 9.78 Å². The molecule has 0 spiro atoms. The zero-order chi connectivity index (χ0) is 19.7. The molecule has 5 nitrogen and oxygen atoms in total. The second-order valence-electron chi connectivity index (χ2n) is 6.02. The van der Waals surface area contributed by atoms with E-state index < -0.39 is 11.7 Å². The maximum atomic E-state index is 12.9. The number of hydrogen-bond donors (Lipinski definition) is 2. The Hall–Kier alpha value is -3.20. The summed E-state index contributed by atoms with van der Waals surface area (Å²) in [6.45, 7) is 0.352. The minimum atomic E-state index is -4.41. The summed E-state index contributed by atoms with van der Waals surface area (Å²) >= 11 is 1.21. The molecule has 0 atom stereocenters. The van der Waals surface area contributed by atoms with Crippen molar-refractivity contribution in [3.63, 3.8) is 0 Å². The van der Waals surface area contributed by atoms with E-state index in [-0.39, 0.29) is 5.91 Å². The van der Waals surface area contributed by atoms with Gasteiger partial charge in [-0.1, -0.05) is 6.07 Å². The summed E-state index contributed by atoms with van der Waals surface area (Å²) in [7, 11) is 0. The molecule has 3 aromatic heterocycles. The first-order valence-corrected chi connectivity index (χ1v) is 9.06. The van der Waals surface area contributed by atoms with E-state index in [1.807, 2.05) is 6.07 Å². The van der Waals surface area contributed by atoms with Gasteiger partial charge in [-0.25, -0.2) is 4.98 Å². The Bertz CT molecular complexity index is 1140. The number of carbonyl (C=O) groups is 1. The number of benzene rings is 1. The second-order valence-corrected chi connectivity index (χ2v) is 7.11. The predicted molar refractivity (Wildman–Crippen MR) is 99.8 cm³/mol. The van der Waals surface area contributed by atoms with Crippen LogP contribution < -0.4 is 5.32 Å². The van der Waals surface area contributed by atoms with Crippen molar-refractivity contribution in [3.8, 4) is 10.7 Å². The monoisotopic (exact) mass is 402 g/mol. The predicted octanol–water partition coefficient (Wildman–Crippen LogP) is 4.64. The zero-order valence-electron chi connectivity index (χ0n) is 14.2. The average molecular weight is 402 g/mol. The van der Waals surface area contributed by atoms with Crippen molar-refractivity contribution in [3.05, 3.63) is 70.9 Å².